The Kier molecular flexibility index (Phi) is 3.67. The van der Waals surface area contributed by atoms with E-state index in [-0.39, 0.29) is 0 Å². The molecule has 1 heterocycles. The summed E-state index contributed by atoms with van der Waals surface area (Å²) >= 11 is 0. The topological polar surface area (TPSA) is 27.0 Å². The van der Waals surface area contributed by atoms with Crippen molar-refractivity contribution in [2.75, 3.05) is 7.05 Å². The lowest BCUT2D eigenvalue weighted by Crippen LogP contribution is -2.07. The van der Waals surface area contributed by atoms with Crippen LogP contribution in [0, 0.1) is 11.3 Å². The van der Waals surface area contributed by atoms with Crippen LogP contribution in [0.1, 0.15) is 30.5 Å². The van der Waals surface area contributed by atoms with Crippen molar-refractivity contribution in [2.24, 2.45) is 0 Å². The second kappa shape index (κ2) is 4.78. The maximum Gasteiger partial charge on any atom is 0.0991 e. The summed E-state index contributed by atoms with van der Waals surface area (Å²) in [5.41, 5.74) is 3.43. The summed E-state index contributed by atoms with van der Waals surface area (Å²) in [6, 6.07) is 8.08. The molecule has 2 heteroatoms. The molecule has 0 bridgehead atoms. The largest absolute Gasteiger partial charge is 0.298 e. The summed E-state index contributed by atoms with van der Waals surface area (Å²) < 4.78 is 0. The molecule has 0 saturated carbocycles. The van der Waals surface area contributed by atoms with Gasteiger partial charge in [0.15, 0.2) is 0 Å². The Balaban J connectivity index is 0.000000461. The minimum absolute atomic E-state index is 0.768. The summed E-state index contributed by atoms with van der Waals surface area (Å²) in [5.74, 6) is 0. The van der Waals surface area contributed by atoms with Gasteiger partial charge in [-0.05, 0) is 30.3 Å². The minimum Gasteiger partial charge on any atom is -0.298 e. The number of rotatable bonds is 0. The molecule has 0 N–H and O–H groups in total. The third kappa shape index (κ3) is 2.12. The molecule has 0 spiro atoms. The Hall–Kier alpha value is -1.33. The van der Waals surface area contributed by atoms with E-state index in [1.165, 1.54) is 11.1 Å². The third-order valence-corrected chi connectivity index (χ3v) is 2.22. The normalized spacial score (nSPS) is 13.9. The molecule has 2 rings (SSSR count). The van der Waals surface area contributed by atoms with Crippen LogP contribution in [0.15, 0.2) is 18.2 Å². The lowest BCUT2D eigenvalue weighted by molar-refractivity contribution is 0.353. The molecule has 1 aliphatic heterocycles. The van der Waals surface area contributed by atoms with Crippen LogP contribution in [-0.4, -0.2) is 11.9 Å². The average molecular weight is 188 g/mol. The van der Waals surface area contributed by atoms with Gasteiger partial charge in [0.2, 0.25) is 0 Å². The van der Waals surface area contributed by atoms with Crippen molar-refractivity contribution in [1.29, 1.82) is 5.26 Å². The number of hydrogen-bond acceptors (Lipinski definition) is 2. The summed E-state index contributed by atoms with van der Waals surface area (Å²) in [6.07, 6.45) is 0. The van der Waals surface area contributed by atoms with E-state index in [4.69, 9.17) is 5.26 Å². The summed E-state index contributed by atoms with van der Waals surface area (Å²) in [7, 11) is 2.09. The van der Waals surface area contributed by atoms with Crippen molar-refractivity contribution in [3.05, 3.63) is 34.9 Å². The van der Waals surface area contributed by atoms with Crippen molar-refractivity contribution in [1.82, 2.24) is 4.90 Å². The Labute approximate surface area is 85.8 Å². The number of hydrogen-bond donors (Lipinski definition) is 0. The van der Waals surface area contributed by atoms with Crippen molar-refractivity contribution in [3.63, 3.8) is 0 Å². The van der Waals surface area contributed by atoms with E-state index in [1.807, 2.05) is 26.0 Å². The fourth-order valence-corrected chi connectivity index (χ4v) is 1.63. The van der Waals surface area contributed by atoms with Gasteiger partial charge in [-0.1, -0.05) is 19.9 Å². The monoisotopic (exact) mass is 188 g/mol. The molecule has 0 radical (unpaired) electrons. The molecule has 14 heavy (non-hydrogen) atoms. The Bertz CT molecular complexity index is 350. The first-order valence-electron chi connectivity index (χ1n) is 5.00. The standard InChI is InChI=1S/C10H10N2.C2H6/c1-12-6-9-3-2-8(5-11)4-10(9)7-12;1-2/h2-4H,6-7H2,1H3;1-2H3. The van der Waals surface area contributed by atoms with Gasteiger partial charge in [-0.2, -0.15) is 5.26 Å². The number of benzene rings is 1. The highest BCUT2D eigenvalue weighted by molar-refractivity contribution is 5.39. The Morgan fingerprint density at radius 3 is 2.50 bits per heavy atom. The fraction of sp³-hybridized carbons (Fsp3) is 0.417. The molecular formula is C12H16N2. The van der Waals surface area contributed by atoms with Crippen LogP contribution in [0.2, 0.25) is 0 Å². The maximum atomic E-state index is 8.67. The van der Waals surface area contributed by atoms with Crippen LogP contribution in [0.5, 0.6) is 0 Å². The summed E-state index contributed by atoms with van der Waals surface area (Å²) in [4.78, 5) is 2.24. The molecular weight excluding hydrogens is 172 g/mol. The van der Waals surface area contributed by atoms with Gasteiger partial charge in [0.25, 0.3) is 0 Å². The van der Waals surface area contributed by atoms with Crippen LogP contribution in [-0.2, 0) is 13.1 Å². The zero-order chi connectivity index (χ0) is 10.6. The van der Waals surface area contributed by atoms with Crippen LogP contribution < -0.4 is 0 Å². The molecule has 1 aromatic rings. The molecule has 0 atom stereocenters. The quantitative estimate of drug-likeness (QED) is 0.625. The van der Waals surface area contributed by atoms with Crippen LogP contribution in [0.3, 0.4) is 0 Å². The predicted molar refractivity (Wildman–Crippen MR) is 57.7 cm³/mol. The van der Waals surface area contributed by atoms with E-state index in [0.29, 0.717) is 0 Å². The van der Waals surface area contributed by atoms with Crippen LogP contribution >= 0.6 is 0 Å². The third-order valence-electron chi connectivity index (χ3n) is 2.22. The molecule has 1 aromatic carbocycles. The second-order valence-electron chi connectivity index (χ2n) is 3.27. The summed E-state index contributed by atoms with van der Waals surface area (Å²) in [6.45, 7) is 5.99. The van der Waals surface area contributed by atoms with E-state index in [0.717, 1.165) is 18.7 Å². The molecule has 0 amide bonds. The highest BCUT2D eigenvalue weighted by atomic mass is 15.1. The van der Waals surface area contributed by atoms with E-state index in [9.17, 15) is 0 Å². The SMILES string of the molecule is CC.CN1Cc2ccc(C#N)cc2C1. The first-order valence-corrected chi connectivity index (χ1v) is 5.00. The molecule has 0 unspecified atom stereocenters. The first-order chi connectivity index (χ1) is 6.79. The Morgan fingerprint density at radius 2 is 1.86 bits per heavy atom. The van der Waals surface area contributed by atoms with E-state index in [1.54, 1.807) is 0 Å². The van der Waals surface area contributed by atoms with Gasteiger partial charge in [0.1, 0.15) is 0 Å². The number of nitrogens with zero attached hydrogens (tertiary/aromatic N) is 2. The minimum atomic E-state index is 0.768. The van der Waals surface area contributed by atoms with Crippen molar-refractivity contribution >= 4 is 0 Å². The zero-order valence-corrected chi connectivity index (χ0v) is 9.04. The molecule has 2 nitrogen and oxygen atoms in total. The van der Waals surface area contributed by atoms with Gasteiger partial charge >= 0.3 is 0 Å². The van der Waals surface area contributed by atoms with E-state index in [2.05, 4.69) is 24.1 Å². The maximum absolute atomic E-state index is 8.67. The van der Waals surface area contributed by atoms with Gasteiger partial charge in [0.05, 0.1) is 11.6 Å². The highest BCUT2D eigenvalue weighted by Gasteiger charge is 2.14. The molecule has 74 valence electrons. The Morgan fingerprint density at radius 1 is 1.21 bits per heavy atom. The summed E-state index contributed by atoms with van der Waals surface area (Å²) in [5, 5.41) is 8.67. The molecule has 1 aliphatic rings. The lowest BCUT2D eigenvalue weighted by Gasteiger charge is -2.02. The van der Waals surface area contributed by atoms with Crippen molar-refractivity contribution in [3.8, 4) is 6.07 Å². The fourth-order valence-electron chi connectivity index (χ4n) is 1.63. The van der Waals surface area contributed by atoms with E-state index < -0.39 is 0 Å². The van der Waals surface area contributed by atoms with Gasteiger partial charge < -0.3 is 0 Å². The predicted octanol–water partition coefficient (Wildman–Crippen LogP) is 2.53. The van der Waals surface area contributed by atoms with Crippen molar-refractivity contribution < 1.29 is 0 Å². The van der Waals surface area contributed by atoms with E-state index >= 15 is 0 Å². The molecule has 0 fully saturated rings. The molecule has 0 aliphatic carbocycles. The zero-order valence-electron chi connectivity index (χ0n) is 9.04. The van der Waals surface area contributed by atoms with Gasteiger partial charge in [-0.3, -0.25) is 4.90 Å². The highest BCUT2D eigenvalue weighted by Crippen LogP contribution is 2.21. The first kappa shape index (κ1) is 10.7. The lowest BCUT2D eigenvalue weighted by atomic mass is 10.1. The van der Waals surface area contributed by atoms with Crippen LogP contribution in [0.4, 0.5) is 0 Å². The molecule has 0 saturated heterocycles. The average Bonchev–Trinajstić information content (AvgIpc) is 2.59. The van der Waals surface area contributed by atoms with Gasteiger partial charge in [0, 0.05) is 13.1 Å². The number of nitriles is 1. The second-order valence-corrected chi connectivity index (χ2v) is 3.27. The molecule has 0 aromatic heterocycles. The number of fused-ring (bicyclic) bond motifs is 1. The van der Waals surface area contributed by atoms with Gasteiger partial charge in [-0.15, -0.1) is 0 Å². The van der Waals surface area contributed by atoms with Crippen molar-refractivity contribution in [2.45, 2.75) is 26.9 Å². The van der Waals surface area contributed by atoms with Gasteiger partial charge in [-0.25, -0.2) is 0 Å². The smallest absolute Gasteiger partial charge is 0.0991 e. The van der Waals surface area contributed by atoms with Crippen LogP contribution in [0.25, 0.3) is 0 Å².